The van der Waals surface area contributed by atoms with Gasteiger partial charge in [-0.1, -0.05) is 17.8 Å². The smallest absolute Gasteiger partial charge is 0.360 e. The third-order valence-electron chi connectivity index (χ3n) is 1.57. The molecule has 0 amide bonds. The number of oxime groups is 1. The molecule has 1 aromatic heterocycles. The van der Waals surface area contributed by atoms with E-state index in [0.717, 1.165) is 17.6 Å². The fourth-order valence-electron chi connectivity index (χ4n) is 0.938. The molecule has 0 aliphatic heterocycles. The second kappa shape index (κ2) is 6.29. The van der Waals surface area contributed by atoms with Crippen molar-refractivity contribution in [2.45, 2.75) is 0 Å². The molecule has 0 aliphatic carbocycles. The zero-order valence-corrected chi connectivity index (χ0v) is 11.5. The molecule has 0 radical (unpaired) electrons. The van der Waals surface area contributed by atoms with Crippen molar-refractivity contribution in [2.24, 2.45) is 5.16 Å². The van der Waals surface area contributed by atoms with Gasteiger partial charge in [0.2, 0.25) is 15.7 Å². The van der Waals surface area contributed by atoms with E-state index in [9.17, 15) is 13.2 Å². The summed E-state index contributed by atoms with van der Waals surface area (Å²) in [6.07, 6.45) is 2.37. The van der Waals surface area contributed by atoms with E-state index in [4.69, 9.17) is 5.11 Å². The fraction of sp³-hybridized carbons (Fsp3) is 0.222. The van der Waals surface area contributed by atoms with E-state index in [1.54, 1.807) is 0 Å². The van der Waals surface area contributed by atoms with Crippen molar-refractivity contribution >= 4 is 38.2 Å². The predicted octanol–water partition coefficient (Wildman–Crippen LogP) is 0.506. The maximum absolute atomic E-state index is 11.0. The summed E-state index contributed by atoms with van der Waals surface area (Å²) in [5.41, 5.74) is -0.410. The van der Waals surface area contributed by atoms with Crippen LogP contribution in [0.4, 0.5) is 5.13 Å². The van der Waals surface area contributed by atoms with Gasteiger partial charge < -0.3 is 9.94 Å². The molecule has 19 heavy (non-hydrogen) atoms. The number of carboxylic acids is 1. The number of anilines is 1. The molecule has 0 unspecified atom stereocenters. The summed E-state index contributed by atoms with van der Waals surface area (Å²) in [7, 11) is -3.46. The van der Waals surface area contributed by atoms with Crippen LogP contribution in [0.1, 0.15) is 5.69 Å². The maximum atomic E-state index is 11.0. The van der Waals surface area contributed by atoms with Crippen molar-refractivity contribution in [3.63, 3.8) is 0 Å². The normalized spacial score (nSPS) is 11.9. The number of thiazole rings is 1. The lowest BCUT2D eigenvalue weighted by Gasteiger charge is -1.98. The summed E-state index contributed by atoms with van der Waals surface area (Å²) in [4.78, 5) is 19.5. The molecule has 0 fully saturated rings. The van der Waals surface area contributed by atoms with Crippen molar-refractivity contribution in [2.75, 3.05) is 17.6 Å². The topological polar surface area (TPSA) is 118 Å². The number of carboxylic acid groups (broad SMARTS) is 1. The van der Waals surface area contributed by atoms with Crippen LogP contribution in [0, 0.1) is 0 Å². The fourth-order valence-corrected chi connectivity index (χ4v) is 2.49. The van der Waals surface area contributed by atoms with Gasteiger partial charge in [-0.05, 0) is 0 Å². The number of aromatic nitrogens is 1. The standard InChI is InChI=1S/C9H11N3O5S2/c1-3-4-17-11-7(8(13)14)6-5-18-9(10-6)12-19(2,15)16/h3,5H,1,4H2,2H3,(H,10,12)(H,13,14)/b11-7-. The van der Waals surface area contributed by atoms with Crippen molar-refractivity contribution in [1.82, 2.24) is 4.98 Å². The third kappa shape index (κ3) is 5.06. The molecule has 10 heteroatoms. The van der Waals surface area contributed by atoms with Crippen LogP contribution >= 0.6 is 11.3 Å². The molecular formula is C9H11N3O5S2. The van der Waals surface area contributed by atoms with Gasteiger partial charge in [0.1, 0.15) is 12.3 Å². The average Bonchev–Trinajstić information content (AvgIpc) is 2.69. The Hall–Kier alpha value is -1.94. The number of hydrogen-bond donors (Lipinski definition) is 2. The minimum absolute atomic E-state index is 0.00714. The summed E-state index contributed by atoms with van der Waals surface area (Å²) in [6.45, 7) is 3.44. The van der Waals surface area contributed by atoms with Gasteiger partial charge in [-0.25, -0.2) is 18.2 Å². The van der Waals surface area contributed by atoms with Crippen LogP contribution in [0.25, 0.3) is 0 Å². The quantitative estimate of drug-likeness (QED) is 0.328. The highest BCUT2D eigenvalue weighted by atomic mass is 32.2. The molecule has 1 rings (SSSR count). The summed E-state index contributed by atoms with van der Waals surface area (Å²) in [5.74, 6) is -1.33. The van der Waals surface area contributed by atoms with Gasteiger partial charge >= 0.3 is 5.97 Å². The van der Waals surface area contributed by atoms with Gasteiger partial charge in [0.05, 0.1) is 6.26 Å². The number of nitrogens with one attached hydrogen (secondary N) is 1. The Bertz CT molecular complexity index is 605. The van der Waals surface area contributed by atoms with Gasteiger partial charge in [-0.2, -0.15) is 0 Å². The predicted molar refractivity (Wildman–Crippen MR) is 70.9 cm³/mol. The number of carbonyl (C=O) groups is 1. The summed E-state index contributed by atoms with van der Waals surface area (Å²) in [6, 6.07) is 0. The van der Waals surface area contributed by atoms with E-state index in [-0.39, 0.29) is 17.4 Å². The number of nitrogens with zero attached hydrogens (tertiary/aromatic N) is 2. The van der Waals surface area contributed by atoms with Gasteiger partial charge in [0.25, 0.3) is 0 Å². The van der Waals surface area contributed by atoms with Crippen LogP contribution in [0.2, 0.25) is 0 Å². The lowest BCUT2D eigenvalue weighted by molar-refractivity contribution is -0.129. The lowest BCUT2D eigenvalue weighted by Crippen LogP contribution is -2.16. The minimum atomic E-state index is -3.46. The third-order valence-corrected chi connectivity index (χ3v) is 3.02. The Morgan fingerprint density at radius 2 is 2.42 bits per heavy atom. The first-order chi connectivity index (χ1) is 8.83. The van der Waals surface area contributed by atoms with Crippen LogP contribution in [-0.2, 0) is 19.7 Å². The molecule has 0 saturated heterocycles. The molecule has 0 aromatic carbocycles. The second-order valence-electron chi connectivity index (χ2n) is 3.24. The van der Waals surface area contributed by atoms with Crippen LogP contribution < -0.4 is 4.72 Å². The Morgan fingerprint density at radius 3 is 2.95 bits per heavy atom. The lowest BCUT2D eigenvalue weighted by atomic mass is 10.3. The number of aliphatic carboxylic acids is 1. The first kappa shape index (κ1) is 15.1. The monoisotopic (exact) mass is 305 g/mol. The molecule has 0 spiro atoms. The highest BCUT2D eigenvalue weighted by Crippen LogP contribution is 2.17. The second-order valence-corrected chi connectivity index (χ2v) is 5.85. The van der Waals surface area contributed by atoms with E-state index in [2.05, 4.69) is 26.3 Å². The van der Waals surface area contributed by atoms with Crippen molar-refractivity contribution < 1.29 is 23.2 Å². The maximum Gasteiger partial charge on any atom is 0.360 e. The molecule has 1 aromatic rings. The Balaban J connectivity index is 2.95. The summed E-state index contributed by atoms with van der Waals surface area (Å²) < 4.78 is 24.1. The van der Waals surface area contributed by atoms with Gasteiger partial charge in [-0.3, -0.25) is 4.72 Å². The van der Waals surface area contributed by atoms with Crippen LogP contribution in [0.5, 0.6) is 0 Å². The molecular weight excluding hydrogens is 294 g/mol. The molecule has 1 heterocycles. The van der Waals surface area contributed by atoms with Crippen molar-refractivity contribution in [3.8, 4) is 0 Å². The molecule has 0 atom stereocenters. The Morgan fingerprint density at radius 1 is 1.74 bits per heavy atom. The van der Waals surface area contributed by atoms with E-state index < -0.39 is 21.7 Å². The van der Waals surface area contributed by atoms with Crippen molar-refractivity contribution in [3.05, 3.63) is 23.7 Å². The number of rotatable bonds is 7. The van der Waals surface area contributed by atoms with Crippen LogP contribution in [-0.4, -0.2) is 43.1 Å². The first-order valence-electron chi connectivity index (χ1n) is 4.81. The van der Waals surface area contributed by atoms with E-state index in [1.807, 2.05) is 0 Å². The Labute approximate surface area is 113 Å². The number of sulfonamides is 1. The van der Waals surface area contributed by atoms with E-state index in [0.29, 0.717) is 0 Å². The molecule has 0 saturated carbocycles. The first-order valence-corrected chi connectivity index (χ1v) is 7.58. The molecule has 0 bridgehead atoms. The Kier molecular flexibility index (Phi) is 5.01. The van der Waals surface area contributed by atoms with Gasteiger partial charge in [0.15, 0.2) is 5.13 Å². The molecule has 8 nitrogen and oxygen atoms in total. The zero-order valence-electron chi connectivity index (χ0n) is 9.86. The van der Waals surface area contributed by atoms with Crippen LogP contribution in [0.3, 0.4) is 0 Å². The molecule has 0 aliphatic rings. The molecule has 104 valence electrons. The highest BCUT2D eigenvalue weighted by molar-refractivity contribution is 7.92. The molecule has 2 N–H and O–H groups in total. The average molecular weight is 305 g/mol. The zero-order chi connectivity index (χ0) is 14.5. The van der Waals surface area contributed by atoms with Gasteiger partial charge in [-0.15, -0.1) is 11.3 Å². The van der Waals surface area contributed by atoms with Crippen LogP contribution in [0.15, 0.2) is 23.2 Å². The van der Waals surface area contributed by atoms with E-state index in [1.165, 1.54) is 11.5 Å². The largest absolute Gasteiger partial charge is 0.476 e. The highest BCUT2D eigenvalue weighted by Gasteiger charge is 2.18. The van der Waals surface area contributed by atoms with Crippen molar-refractivity contribution in [1.29, 1.82) is 0 Å². The minimum Gasteiger partial charge on any atom is -0.476 e. The number of hydrogen-bond acceptors (Lipinski definition) is 7. The van der Waals surface area contributed by atoms with E-state index >= 15 is 0 Å². The SMILES string of the molecule is C=CCO/N=C(\C(=O)O)c1csc(NS(C)(=O)=O)n1. The summed E-state index contributed by atoms with van der Waals surface area (Å²) in [5, 5.41) is 13.8. The summed E-state index contributed by atoms with van der Waals surface area (Å²) >= 11 is 0.940. The van der Waals surface area contributed by atoms with Gasteiger partial charge in [0, 0.05) is 5.38 Å².